The van der Waals surface area contributed by atoms with Crippen molar-refractivity contribution in [1.29, 1.82) is 0 Å². The number of anilines is 1. The summed E-state index contributed by atoms with van der Waals surface area (Å²) < 4.78 is 36.8. The largest absolute Gasteiger partial charge is 0.296 e. The molecule has 0 spiro atoms. The van der Waals surface area contributed by atoms with E-state index in [4.69, 9.17) is 0 Å². The van der Waals surface area contributed by atoms with Crippen molar-refractivity contribution in [2.24, 2.45) is 0 Å². The van der Waals surface area contributed by atoms with Gasteiger partial charge in [0.2, 0.25) is 10.0 Å². The Morgan fingerprint density at radius 2 is 2.12 bits per heavy atom. The van der Waals surface area contributed by atoms with E-state index in [1.54, 1.807) is 4.72 Å². The van der Waals surface area contributed by atoms with Crippen LogP contribution >= 0.6 is 15.9 Å². The predicted octanol–water partition coefficient (Wildman–Crippen LogP) is 1.83. The number of benzene rings is 1. The number of alkyl halides is 1. The van der Waals surface area contributed by atoms with Crippen LogP contribution in [-0.4, -0.2) is 18.0 Å². The average Bonchev–Trinajstić information content (AvgIpc) is 2.20. The molecule has 0 amide bonds. The van der Waals surface area contributed by atoms with E-state index in [1.165, 1.54) is 0 Å². The van der Waals surface area contributed by atoms with Gasteiger partial charge in [0.1, 0.15) is 4.66 Å². The Morgan fingerprint density at radius 1 is 1.50 bits per heavy atom. The molecule has 0 aliphatic rings. The Balaban J connectivity index is 3.27. The topological polar surface area (TPSA) is 89.3 Å². The standard InChI is InChI=1S/C7H6BrFN2O4S/c8-4-16(14,15)10-7-5(9)2-1-3-6(7)11(12)13/h1-3,10H,4H2. The van der Waals surface area contributed by atoms with Crippen molar-refractivity contribution >= 4 is 37.3 Å². The number of sulfonamides is 1. The number of hydrogen-bond acceptors (Lipinski definition) is 4. The van der Waals surface area contributed by atoms with Crippen molar-refractivity contribution in [2.45, 2.75) is 0 Å². The van der Waals surface area contributed by atoms with Crippen molar-refractivity contribution in [1.82, 2.24) is 0 Å². The van der Waals surface area contributed by atoms with Gasteiger partial charge in [0.05, 0.1) is 4.92 Å². The van der Waals surface area contributed by atoms with Crippen LogP contribution in [-0.2, 0) is 10.0 Å². The molecular formula is C7H6BrFN2O4S. The highest BCUT2D eigenvalue weighted by atomic mass is 79.9. The Kier molecular flexibility index (Phi) is 3.81. The number of halogens is 2. The quantitative estimate of drug-likeness (QED) is 0.522. The van der Waals surface area contributed by atoms with Gasteiger partial charge in [0, 0.05) is 6.07 Å². The fraction of sp³-hybridized carbons (Fsp3) is 0.143. The molecule has 6 nitrogen and oxygen atoms in total. The van der Waals surface area contributed by atoms with E-state index in [0.717, 1.165) is 18.2 Å². The van der Waals surface area contributed by atoms with E-state index < -0.39 is 36.8 Å². The van der Waals surface area contributed by atoms with E-state index in [9.17, 15) is 22.9 Å². The maximum absolute atomic E-state index is 13.2. The molecule has 16 heavy (non-hydrogen) atoms. The molecule has 0 radical (unpaired) electrons. The fourth-order valence-electron chi connectivity index (χ4n) is 0.949. The zero-order valence-electron chi connectivity index (χ0n) is 7.68. The number of rotatable bonds is 4. The molecule has 9 heteroatoms. The molecule has 1 N–H and O–H groups in total. The van der Waals surface area contributed by atoms with E-state index >= 15 is 0 Å². The van der Waals surface area contributed by atoms with Crippen molar-refractivity contribution in [3.63, 3.8) is 0 Å². The SMILES string of the molecule is O=[N+]([O-])c1cccc(F)c1NS(=O)(=O)CBr. The molecular weight excluding hydrogens is 307 g/mol. The van der Waals surface area contributed by atoms with Gasteiger partial charge in [-0.05, 0) is 6.07 Å². The first-order valence-electron chi connectivity index (χ1n) is 3.87. The molecule has 0 unspecified atom stereocenters. The van der Waals surface area contributed by atoms with Gasteiger partial charge < -0.3 is 0 Å². The lowest BCUT2D eigenvalue weighted by Gasteiger charge is -2.06. The lowest BCUT2D eigenvalue weighted by molar-refractivity contribution is -0.384. The monoisotopic (exact) mass is 312 g/mol. The number of nitrogens with zero attached hydrogens (tertiary/aromatic N) is 1. The van der Waals surface area contributed by atoms with Crippen LogP contribution in [0.15, 0.2) is 18.2 Å². The van der Waals surface area contributed by atoms with Crippen molar-refractivity contribution in [3.8, 4) is 0 Å². The molecule has 0 aliphatic heterocycles. The van der Waals surface area contributed by atoms with Crippen LogP contribution in [0.1, 0.15) is 0 Å². The predicted molar refractivity (Wildman–Crippen MR) is 59.4 cm³/mol. The van der Waals surface area contributed by atoms with E-state index in [1.807, 2.05) is 0 Å². The van der Waals surface area contributed by atoms with Crippen LogP contribution in [0.3, 0.4) is 0 Å². The summed E-state index contributed by atoms with van der Waals surface area (Å²) in [6, 6.07) is 3.06. The number of para-hydroxylation sites is 1. The summed E-state index contributed by atoms with van der Waals surface area (Å²) in [7, 11) is -3.83. The maximum Gasteiger partial charge on any atom is 0.296 e. The molecule has 0 aromatic heterocycles. The highest BCUT2D eigenvalue weighted by Gasteiger charge is 2.21. The zero-order chi connectivity index (χ0) is 12.3. The van der Waals surface area contributed by atoms with Gasteiger partial charge in [-0.25, -0.2) is 12.8 Å². The first-order valence-corrected chi connectivity index (χ1v) is 6.64. The smallest absolute Gasteiger partial charge is 0.274 e. The van der Waals surface area contributed by atoms with E-state index in [2.05, 4.69) is 15.9 Å². The van der Waals surface area contributed by atoms with Gasteiger partial charge in [-0.1, -0.05) is 22.0 Å². The summed E-state index contributed by atoms with van der Waals surface area (Å²) >= 11 is 2.67. The molecule has 1 aromatic rings. The Labute approximate surface area is 98.8 Å². The number of nitro benzene ring substituents is 1. The minimum absolute atomic E-state index is 0.481. The van der Waals surface area contributed by atoms with E-state index in [-0.39, 0.29) is 0 Å². The van der Waals surface area contributed by atoms with Crippen LogP contribution < -0.4 is 4.72 Å². The third-order valence-corrected chi connectivity index (χ3v) is 4.20. The van der Waals surface area contributed by atoms with Crippen LogP contribution in [0.25, 0.3) is 0 Å². The highest BCUT2D eigenvalue weighted by molar-refractivity contribution is 9.10. The summed E-state index contributed by atoms with van der Waals surface area (Å²) in [6.07, 6.45) is 0. The molecule has 1 rings (SSSR count). The van der Waals surface area contributed by atoms with Crippen molar-refractivity contribution in [3.05, 3.63) is 34.1 Å². The number of nitrogens with one attached hydrogen (secondary N) is 1. The number of hydrogen-bond donors (Lipinski definition) is 1. The summed E-state index contributed by atoms with van der Waals surface area (Å²) in [5.41, 5.74) is -1.29. The zero-order valence-corrected chi connectivity index (χ0v) is 10.1. The third-order valence-electron chi connectivity index (χ3n) is 1.59. The van der Waals surface area contributed by atoms with Crippen molar-refractivity contribution < 1.29 is 17.7 Å². The summed E-state index contributed by atoms with van der Waals surface area (Å²) in [4.78, 5) is 9.67. The molecule has 0 bridgehead atoms. The maximum atomic E-state index is 13.2. The Morgan fingerprint density at radius 3 is 2.62 bits per heavy atom. The third kappa shape index (κ3) is 2.89. The molecule has 0 aliphatic carbocycles. The normalized spacial score (nSPS) is 11.1. The van der Waals surface area contributed by atoms with Gasteiger partial charge in [-0.2, -0.15) is 0 Å². The Hall–Kier alpha value is -1.22. The minimum atomic E-state index is -3.83. The molecule has 0 atom stereocenters. The summed E-state index contributed by atoms with van der Waals surface area (Å²) in [5, 5.41) is 10.5. The second-order valence-electron chi connectivity index (χ2n) is 2.72. The second-order valence-corrected chi connectivity index (χ2v) is 5.74. The summed E-state index contributed by atoms with van der Waals surface area (Å²) in [5.74, 6) is -1.00. The number of nitro groups is 1. The molecule has 0 saturated carbocycles. The average molecular weight is 313 g/mol. The fourth-order valence-corrected chi connectivity index (χ4v) is 1.86. The van der Waals surface area contributed by atoms with Gasteiger partial charge >= 0.3 is 0 Å². The van der Waals surface area contributed by atoms with Crippen LogP contribution in [0.4, 0.5) is 15.8 Å². The minimum Gasteiger partial charge on any atom is -0.274 e. The lowest BCUT2D eigenvalue weighted by Crippen LogP contribution is -2.15. The van der Waals surface area contributed by atoms with Gasteiger partial charge in [0.15, 0.2) is 11.5 Å². The summed E-state index contributed by atoms with van der Waals surface area (Å²) in [6.45, 7) is 0. The van der Waals surface area contributed by atoms with Crippen LogP contribution in [0.2, 0.25) is 0 Å². The highest BCUT2D eigenvalue weighted by Crippen LogP contribution is 2.28. The second kappa shape index (κ2) is 4.74. The van der Waals surface area contributed by atoms with E-state index in [0.29, 0.717) is 0 Å². The van der Waals surface area contributed by atoms with Gasteiger partial charge in [-0.3, -0.25) is 14.8 Å². The molecule has 0 saturated heterocycles. The Bertz CT molecular complexity index is 519. The van der Waals surface area contributed by atoms with Crippen LogP contribution in [0.5, 0.6) is 0 Å². The van der Waals surface area contributed by atoms with Crippen LogP contribution in [0, 0.1) is 15.9 Å². The first kappa shape index (κ1) is 12.8. The van der Waals surface area contributed by atoms with Crippen molar-refractivity contribution in [2.75, 3.05) is 9.38 Å². The molecule has 0 fully saturated rings. The van der Waals surface area contributed by atoms with Gasteiger partial charge in [0.25, 0.3) is 5.69 Å². The first-order chi connectivity index (χ1) is 7.37. The van der Waals surface area contributed by atoms with Gasteiger partial charge in [-0.15, -0.1) is 0 Å². The lowest BCUT2D eigenvalue weighted by atomic mass is 10.2. The molecule has 88 valence electrons. The molecule has 1 aromatic carbocycles. The molecule has 0 heterocycles.